The smallest absolute Gasteiger partial charge is 0.0992 e. The van der Waals surface area contributed by atoms with Gasteiger partial charge in [0.25, 0.3) is 0 Å². The van der Waals surface area contributed by atoms with Crippen molar-refractivity contribution in [1.82, 2.24) is 0 Å². The minimum absolute atomic E-state index is 0.593. The first-order valence-corrected chi connectivity index (χ1v) is 6.37. The van der Waals surface area contributed by atoms with Gasteiger partial charge >= 0.3 is 0 Å². The van der Waals surface area contributed by atoms with Crippen LogP contribution < -0.4 is 5.32 Å². The van der Waals surface area contributed by atoms with Crippen molar-refractivity contribution in [3.05, 3.63) is 29.3 Å². The molecule has 17 heavy (non-hydrogen) atoms. The SMILES string of the molecule is Cc1ccc(C#N)cc1NC1CC(C(C)C)C1. The van der Waals surface area contributed by atoms with Crippen LogP contribution in [0, 0.1) is 30.1 Å². The molecule has 0 heterocycles. The molecule has 0 spiro atoms. The second-order valence-electron chi connectivity index (χ2n) is 5.46. The molecule has 0 aromatic heterocycles. The minimum Gasteiger partial charge on any atom is -0.382 e. The van der Waals surface area contributed by atoms with Crippen LogP contribution in [0.1, 0.15) is 37.8 Å². The molecule has 0 radical (unpaired) electrons. The Kier molecular flexibility index (Phi) is 3.38. The molecule has 1 N–H and O–H groups in total. The van der Waals surface area contributed by atoms with Gasteiger partial charge in [0.2, 0.25) is 0 Å². The van der Waals surface area contributed by atoms with E-state index in [4.69, 9.17) is 5.26 Å². The van der Waals surface area contributed by atoms with Gasteiger partial charge in [0.15, 0.2) is 0 Å². The number of anilines is 1. The molecule has 2 rings (SSSR count). The summed E-state index contributed by atoms with van der Waals surface area (Å²) >= 11 is 0. The van der Waals surface area contributed by atoms with Crippen LogP contribution in [-0.4, -0.2) is 6.04 Å². The summed E-state index contributed by atoms with van der Waals surface area (Å²) in [7, 11) is 0. The number of aryl methyl sites for hydroxylation is 1. The number of hydrogen-bond acceptors (Lipinski definition) is 2. The lowest BCUT2D eigenvalue weighted by atomic mass is 9.73. The zero-order valence-corrected chi connectivity index (χ0v) is 10.8. The van der Waals surface area contributed by atoms with E-state index in [1.54, 1.807) is 0 Å². The Morgan fingerprint density at radius 1 is 1.35 bits per heavy atom. The maximum atomic E-state index is 8.90. The summed E-state index contributed by atoms with van der Waals surface area (Å²) in [6.07, 6.45) is 2.52. The first-order valence-electron chi connectivity index (χ1n) is 6.37. The van der Waals surface area contributed by atoms with Gasteiger partial charge < -0.3 is 5.32 Å². The maximum absolute atomic E-state index is 8.90. The molecule has 0 unspecified atom stereocenters. The lowest BCUT2D eigenvalue weighted by molar-refractivity contribution is 0.212. The quantitative estimate of drug-likeness (QED) is 0.856. The maximum Gasteiger partial charge on any atom is 0.0992 e. The third-order valence-corrected chi connectivity index (χ3v) is 3.84. The zero-order chi connectivity index (χ0) is 12.4. The highest BCUT2D eigenvalue weighted by molar-refractivity contribution is 5.55. The molecule has 1 aromatic rings. The van der Waals surface area contributed by atoms with Crippen LogP contribution in [-0.2, 0) is 0 Å². The average molecular weight is 228 g/mol. The Labute approximate surface area is 104 Å². The van der Waals surface area contributed by atoms with Gasteiger partial charge in [-0.2, -0.15) is 5.26 Å². The molecule has 1 aliphatic carbocycles. The second kappa shape index (κ2) is 4.79. The molecular weight excluding hydrogens is 208 g/mol. The van der Waals surface area contributed by atoms with E-state index in [1.165, 1.54) is 18.4 Å². The predicted molar refractivity (Wildman–Crippen MR) is 70.9 cm³/mol. The summed E-state index contributed by atoms with van der Waals surface area (Å²) in [4.78, 5) is 0. The van der Waals surface area contributed by atoms with Gasteiger partial charge in [0, 0.05) is 11.7 Å². The van der Waals surface area contributed by atoms with E-state index in [2.05, 4.69) is 32.2 Å². The van der Waals surface area contributed by atoms with Crippen molar-refractivity contribution in [1.29, 1.82) is 5.26 Å². The first kappa shape index (κ1) is 12.0. The first-order chi connectivity index (χ1) is 8.10. The molecule has 1 fully saturated rings. The van der Waals surface area contributed by atoms with Crippen molar-refractivity contribution in [2.24, 2.45) is 11.8 Å². The third kappa shape index (κ3) is 2.61. The van der Waals surface area contributed by atoms with Gasteiger partial charge in [-0.25, -0.2) is 0 Å². The number of benzene rings is 1. The Bertz CT molecular complexity index is 437. The molecule has 1 aromatic carbocycles. The Morgan fingerprint density at radius 3 is 2.65 bits per heavy atom. The minimum atomic E-state index is 0.593. The van der Waals surface area contributed by atoms with E-state index in [1.807, 2.05) is 18.2 Å². The third-order valence-electron chi connectivity index (χ3n) is 3.84. The van der Waals surface area contributed by atoms with Crippen molar-refractivity contribution in [2.45, 2.75) is 39.7 Å². The van der Waals surface area contributed by atoms with Crippen molar-refractivity contribution in [3.63, 3.8) is 0 Å². The monoisotopic (exact) mass is 228 g/mol. The highest BCUT2D eigenvalue weighted by Crippen LogP contribution is 2.36. The van der Waals surface area contributed by atoms with E-state index >= 15 is 0 Å². The highest BCUT2D eigenvalue weighted by atomic mass is 14.9. The molecule has 1 aliphatic rings. The molecule has 0 amide bonds. The molecule has 0 aliphatic heterocycles. The number of hydrogen-bond donors (Lipinski definition) is 1. The molecule has 0 saturated heterocycles. The lowest BCUT2D eigenvalue weighted by Crippen LogP contribution is -2.38. The van der Waals surface area contributed by atoms with E-state index < -0.39 is 0 Å². The zero-order valence-electron chi connectivity index (χ0n) is 10.8. The Morgan fingerprint density at radius 2 is 2.06 bits per heavy atom. The molecule has 1 saturated carbocycles. The molecule has 90 valence electrons. The van der Waals surface area contributed by atoms with Crippen LogP contribution in [0.15, 0.2) is 18.2 Å². The van der Waals surface area contributed by atoms with Crippen LogP contribution in [0.5, 0.6) is 0 Å². The normalized spacial score (nSPS) is 23.0. The van der Waals surface area contributed by atoms with Crippen LogP contribution in [0.25, 0.3) is 0 Å². The lowest BCUT2D eigenvalue weighted by Gasteiger charge is -2.39. The van der Waals surface area contributed by atoms with Crippen LogP contribution in [0.3, 0.4) is 0 Å². The van der Waals surface area contributed by atoms with Crippen molar-refractivity contribution in [2.75, 3.05) is 5.32 Å². The second-order valence-corrected chi connectivity index (χ2v) is 5.46. The summed E-state index contributed by atoms with van der Waals surface area (Å²) in [6.45, 7) is 6.67. The molecular formula is C15H20N2. The van der Waals surface area contributed by atoms with Gasteiger partial charge in [-0.15, -0.1) is 0 Å². The fraction of sp³-hybridized carbons (Fsp3) is 0.533. The highest BCUT2D eigenvalue weighted by Gasteiger charge is 2.31. The largest absolute Gasteiger partial charge is 0.382 e. The Hall–Kier alpha value is -1.49. The average Bonchev–Trinajstić information content (AvgIpc) is 2.24. The van der Waals surface area contributed by atoms with Crippen molar-refractivity contribution >= 4 is 5.69 Å². The number of nitriles is 1. The topological polar surface area (TPSA) is 35.8 Å². The van der Waals surface area contributed by atoms with E-state index in [9.17, 15) is 0 Å². The number of nitrogens with zero attached hydrogens (tertiary/aromatic N) is 1. The fourth-order valence-electron chi connectivity index (χ4n) is 2.39. The summed E-state index contributed by atoms with van der Waals surface area (Å²) in [5.41, 5.74) is 3.08. The fourth-order valence-corrected chi connectivity index (χ4v) is 2.39. The summed E-state index contributed by atoms with van der Waals surface area (Å²) in [6, 6.07) is 8.63. The van der Waals surface area contributed by atoms with Crippen LogP contribution in [0.4, 0.5) is 5.69 Å². The molecule has 2 heteroatoms. The van der Waals surface area contributed by atoms with Gasteiger partial charge in [-0.05, 0) is 49.3 Å². The molecule has 0 bridgehead atoms. The van der Waals surface area contributed by atoms with Crippen molar-refractivity contribution in [3.8, 4) is 6.07 Å². The Balaban J connectivity index is 1.99. The molecule has 2 nitrogen and oxygen atoms in total. The predicted octanol–water partition coefficient (Wildman–Crippen LogP) is 3.71. The number of nitrogens with one attached hydrogen (secondary N) is 1. The van der Waals surface area contributed by atoms with E-state index in [0.717, 1.165) is 23.1 Å². The van der Waals surface area contributed by atoms with Gasteiger partial charge in [-0.3, -0.25) is 0 Å². The summed E-state index contributed by atoms with van der Waals surface area (Å²) < 4.78 is 0. The van der Waals surface area contributed by atoms with Gasteiger partial charge in [-0.1, -0.05) is 19.9 Å². The van der Waals surface area contributed by atoms with Crippen LogP contribution in [0.2, 0.25) is 0 Å². The van der Waals surface area contributed by atoms with Gasteiger partial charge in [0.1, 0.15) is 0 Å². The van der Waals surface area contributed by atoms with Crippen LogP contribution >= 0.6 is 0 Å². The van der Waals surface area contributed by atoms with Gasteiger partial charge in [0.05, 0.1) is 11.6 Å². The number of rotatable bonds is 3. The van der Waals surface area contributed by atoms with E-state index in [-0.39, 0.29) is 0 Å². The molecule has 0 atom stereocenters. The van der Waals surface area contributed by atoms with Crippen molar-refractivity contribution < 1.29 is 0 Å². The summed E-state index contributed by atoms with van der Waals surface area (Å²) in [5.74, 6) is 1.66. The van der Waals surface area contributed by atoms with E-state index in [0.29, 0.717) is 6.04 Å². The summed E-state index contributed by atoms with van der Waals surface area (Å²) in [5, 5.41) is 12.5. The standard InChI is InChI=1S/C15H20N2/c1-10(2)13-7-14(8-13)17-15-6-12(9-16)5-4-11(15)3/h4-6,10,13-14,17H,7-8H2,1-3H3.